The number of fused-ring (bicyclic) bond motifs is 1. The normalized spacial score (nSPS) is 13.2. The van der Waals surface area contributed by atoms with Gasteiger partial charge in [0.25, 0.3) is 0 Å². The van der Waals surface area contributed by atoms with Crippen molar-refractivity contribution in [1.29, 1.82) is 0 Å². The van der Waals surface area contributed by atoms with E-state index in [-0.39, 0.29) is 12.3 Å². The third kappa shape index (κ3) is 4.66. The molecule has 7 nitrogen and oxygen atoms in total. The van der Waals surface area contributed by atoms with Crippen LogP contribution in [0, 0.1) is 0 Å². The number of hydrogen-bond acceptors (Lipinski definition) is 6. The van der Waals surface area contributed by atoms with Gasteiger partial charge in [-0.3, -0.25) is 14.8 Å². The van der Waals surface area contributed by atoms with Gasteiger partial charge in [0.05, 0.1) is 17.6 Å². The molecule has 0 bridgehead atoms. The van der Waals surface area contributed by atoms with E-state index in [1.807, 2.05) is 18.2 Å². The highest BCUT2D eigenvalue weighted by atomic mass is 16.1. The summed E-state index contributed by atoms with van der Waals surface area (Å²) >= 11 is 0. The van der Waals surface area contributed by atoms with Gasteiger partial charge in [0.15, 0.2) is 0 Å². The summed E-state index contributed by atoms with van der Waals surface area (Å²) in [6.45, 7) is 0.456. The fourth-order valence-electron chi connectivity index (χ4n) is 3.48. The number of amides is 1. The lowest BCUT2D eigenvalue weighted by molar-refractivity contribution is -0.120. The van der Waals surface area contributed by atoms with Crippen LogP contribution in [0.15, 0.2) is 67.4 Å². The maximum Gasteiger partial charge on any atom is 0.226 e. The molecule has 7 heteroatoms. The Morgan fingerprint density at radius 1 is 1.00 bits per heavy atom. The number of nitrogens with zero attached hydrogens (tertiary/aromatic N) is 4. The van der Waals surface area contributed by atoms with Gasteiger partial charge in [0.2, 0.25) is 5.91 Å². The van der Waals surface area contributed by atoms with Crippen molar-refractivity contribution in [1.82, 2.24) is 25.3 Å². The van der Waals surface area contributed by atoms with Gasteiger partial charge in [-0.25, -0.2) is 9.97 Å². The maximum atomic E-state index is 12.2. The third-order valence-corrected chi connectivity index (χ3v) is 5.26. The molecule has 1 fully saturated rings. The Kier molecular flexibility index (Phi) is 5.22. The number of aromatic nitrogens is 4. The van der Waals surface area contributed by atoms with Crippen LogP contribution in [0.3, 0.4) is 0 Å². The SMILES string of the molecule is O=C(Cc1cnccn1)NCc1cccc(-c2ccc3ncnc(NC4CC4)c3c2)c1. The Bertz CT molecular complexity index is 1220. The molecule has 2 N–H and O–H groups in total. The Morgan fingerprint density at radius 2 is 1.90 bits per heavy atom. The van der Waals surface area contributed by atoms with Crippen molar-refractivity contribution < 1.29 is 4.79 Å². The molecule has 1 aliphatic carbocycles. The summed E-state index contributed by atoms with van der Waals surface area (Å²) in [4.78, 5) is 29.2. The lowest BCUT2D eigenvalue weighted by Crippen LogP contribution is -2.24. The average molecular weight is 410 g/mol. The van der Waals surface area contributed by atoms with Crippen LogP contribution in [0.2, 0.25) is 0 Å². The molecule has 1 amide bonds. The first-order chi connectivity index (χ1) is 15.2. The summed E-state index contributed by atoms with van der Waals surface area (Å²) in [6.07, 6.45) is 9.00. The van der Waals surface area contributed by atoms with Gasteiger partial charge in [-0.15, -0.1) is 0 Å². The molecule has 0 saturated heterocycles. The van der Waals surface area contributed by atoms with E-state index < -0.39 is 0 Å². The predicted molar refractivity (Wildman–Crippen MR) is 119 cm³/mol. The van der Waals surface area contributed by atoms with Crippen molar-refractivity contribution in [3.8, 4) is 11.1 Å². The summed E-state index contributed by atoms with van der Waals surface area (Å²) < 4.78 is 0. The summed E-state index contributed by atoms with van der Waals surface area (Å²) in [5, 5.41) is 7.47. The molecule has 2 aromatic carbocycles. The molecule has 0 radical (unpaired) electrons. The second kappa shape index (κ2) is 8.47. The van der Waals surface area contributed by atoms with E-state index in [4.69, 9.17) is 0 Å². The molecule has 0 atom stereocenters. The molecule has 0 unspecified atom stereocenters. The van der Waals surface area contributed by atoms with Gasteiger partial charge in [-0.05, 0) is 47.7 Å². The molecule has 0 aliphatic heterocycles. The van der Waals surface area contributed by atoms with Crippen molar-refractivity contribution in [2.24, 2.45) is 0 Å². The van der Waals surface area contributed by atoms with Gasteiger partial charge in [0.1, 0.15) is 12.1 Å². The molecule has 5 rings (SSSR count). The van der Waals surface area contributed by atoms with Gasteiger partial charge < -0.3 is 10.6 Å². The Labute approximate surface area is 180 Å². The summed E-state index contributed by atoms with van der Waals surface area (Å²) in [5.74, 6) is 0.811. The van der Waals surface area contributed by atoms with Crippen molar-refractivity contribution in [2.45, 2.75) is 31.8 Å². The summed E-state index contributed by atoms with van der Waals surface area (Å²) in [6, 6.07) is 14.9. The smallest absolute Gasteiger partial charge is 0.226 e. The molecule has 1 aliphatic rings. The Morgan fingerprint density at radius 3 is 2.74 bits per heavy atom. The highest BCUT2D eigenvalue weighted by Gasteiger charge is 2.22. The van der Waals surface area contributed by atoms with Crippen LogP contribution in [0.4, 0.5) is 5.82 Å². The number of rotatable bonds is 7. The molecule has 0 spiro atoms. The highest BCUT2D eigenvalue weighted by molar-refractivity contribution is 5.92. The van der Waals surface area contributed by atoms with Crippen LogP contribution in [-0.4, -0.2) is 31.9 Å². The lowest BCUT2D eigenvalue weighted by Gasteiger charge is -2.10. The minimum Gasteiger partial charge on any atom is -0.367 e. The first-order valence-electron chi connectivity index (χ1n) is 10.4. The van der Waals surface area contributed by atoms with Crippen LogP contribution >= 0.6 is 0 Å². The minimum atomic E-state index is -0.0791. The Hall–Kier alpha value is -3.87. The quantitative estimate of drug-likeness (QED) is 0.484. The number of nitrogens with one attached hydrogen (secondary N) is 2. The minimum absolute atomic E-state index is 0.0791. The van der Waals surface area contributed by atoms with E-state index in [2.05, 4.69) is 54.8 Å². The molecule has 2 heterocycles. The number of anilines is 1. The first-order valence-corrected chi connectivity index (χ1v) is 10.4. The van der Waals surface area contributed by atoms with E-state index >= 15 is 0 Å². The van der Waals surface area contributed by atoms with Gasteiger partial charge >= 0.3 is 0 Å². The number of carbonyl (C=O) groups is 1. The van der Waals surface area contributed by atoms with E-state index in [1.165, 1.54) is 12.8 Å². The van der Waals surface area contributed by atoms with Crippen molar-refractivity contribution >= 4 is 22.6 Å². The van der Waals surface area contributed by atoms with Crippen LogP contribution in [0.25, 0.3) is 22.0 Å². The van der Waals surface area contributed by atoms with Crippen LogP contribution < -0.4 is 10.6 Å². The molecular formula is C24H22N6O. The fraction of sp³-hybridized carbons (Fsp3) is 0.208. The fourth-order valence-corrected chi connectivity index (χ4v) is 3.48. The van der Waals surface area contributed by atoms with Crippen LogP contribution in [-0.2, 0) is 17.8 Å². The zero-order valence-corrected chi connectivity index (χ0v) is 17.0. The molecular weight excluding hydrogens is 388 g/mol. The maximum absolute atomic E-state index is 12.2. The average Bonchev–Trinajstić information content (AvgIpc) is 3.63. The molecule has 154 valence electrons. The topological polar surface area (TPSA) is 92.7 Å². The molecule has 4 aromatic rings. The molecule has 2 aromatic heterocycles. The zero-order valence-electron chi connectivity index (χ0n) is 17.0. The van der Waals surface area contributed by atoms with Crippen LogP contribution in [0.5, 0.6) is 0 Å². The van der Waals surface area contributed by atoms with Crippen molar-refractivity contribution in [3.05, 3.63) is 78.6 Å². The summed E-state index contributed by atoms with van der Waals surface area (Å²) in [7, 11) is 0. The van der Waals surface area contributed by atoms with E-state index in [0.29, 0.717) is 18.3 Å². The second-order valence-electron chi connectivity index (χ2n) is 7.72. The predicted octanol–water partition coefficient (Wildman–Crippen LogP) is 3.52. The molecule has 31 heavy (non-hydrogen) atoms. The summed E-state index contributed by atoms with van der Waals surface area (Å²) in [5.41, 5.74) is 4.79. The van der Waals surface area contributed by atoms with Crippen molar-refractivity contribution in [3.63, 3.8) is 0 Å². The zero-order chi connectivity index (χ0) is 21.0. The largest absolute Gasteiger partial charge is 0.367 e. The van der Waals surface area contributed by atoms with Gasteiger partial charge in [-0.2, -0.15) is 0 Å². The number of carbonyl (C=O) groups excluding carboxylic acids is 1. The number of hydrogen-bond donors (Lipinski definition) is 2. The highest BCUT2D eigenvalue weighted by Crippen LogP contribution is 2.30. The lowest BCUT2D eigenvalue weighted by atomic mass is 10.0. The standard InChI is InChI=1S/C24H22N6O/c31-23(12-20-14-25-8-9-26-20)27-13-16-2-1-3-17(10-16)18-4-7-22-21(11-18)24(29-15-28-22)30-19-5-6-19/h1-4,7-11,14-15,19H,5-6,12-13H2,(H,27,31)(H,28,29,30). The van der Waals surface area contributed by atoms with E-state index in [9.17, 15) is 4.79 Å². The molecule has 1 saturated carbocycles. The Balaban J connectivity index is 1.32. The van der Waals surface area contributed by atoms with Gasteiger partial charge in [-0.1, -0.05) is 24.3 Å². The number of benzene rings is 2. The second-order valence-corrected chi connectivity index (χ2v) is 7.72. The monoisotopic (exact) mass is 410 g/mol. The van der Waals surface area contributed by atoms with E-state index in [1.54, 1.807) is 24.9 Å². The van der Waals surface area contributed by atoms with Gasteiger partial charge in [0, 0.05) is 36.6 Å². The third-order valence-electron chi connectivity index (χ3n) is 5.26. The first kappa shape index (κ1) is 19.1. The van der Waals surface area contributed by atoms with Crippen LogP contribution in [0.1, 0.15) is 24.1 Å². The van der Waals surface area contributed by atoms with E-state index in [0.717, 1.165) is 33.4 Å². The van der Waals surface area contributed by atoms with Crippen molar-refractivity contribution in [2.75, 3.05) is 5.32 Å².